The van der Waals surface area contributed by atoms with Crippen molar-refractivity contribution in [2.75, 3.05) is 0 Å². The standard InChI is InChI=1S/C7H13O2/c1-3-6(8)5-7(9)4-2/h6H,3-5H2,1-2H3. The number of hydrogen-bond donors (Lipinski definition) is 0. The molecule has 0 spiro atoms. The summed E-state index contributed by atoms with van der Waals surface area (Å²) in [6.07, 6.45) is 0.606. The van der Waals surface area contributed by atoms with Crippen LogP contribution in [0.5, 0.6) is 0 Å². The van der Waals surface area contributed by atoms with E-state index in [0.29, 0.717) is 12.8 Å². The highest BCUT2D eigenvalue weighted by atomic mass is 16.3. The molecule has 0 fully saturated rings. The van der Waals surface area contributed by atoms with E-state index < -0.39 is 6.10 Å². The van der Waals surface area contributed by atoms with Gasteiger partial charge in [0.1, 0.15) is 5.78 Å². The summed E-state index contributed by atoms with van der Waals surface area (Å²) in [4.78, 5) is 10.6. The summed E-state index contributed by atoms with van der Waals surface area (Å²) >= 11 is 0. The van der Waals surface area contributed by atoms with Gasteiger partial charge in [0.25, 0.3) is 0 Å². The second kappa shape index (κ2) is 4.50. The molecule has 0 saturated carbocycles. The Morgan fingerprint density at radius 2 is 2.00 bits per heavy atom. The Bertz CT molecular complexity index is 88.9. The second-order valence-electron chi connectivity index (χ2n) is 2.13. The average Bonchev–Trinajstić information content (AvgIpc) is 1.87. The molecule has 0 aliphatic carbocycles. The number of Topliss-reactive ketones (excluding diaryl/α,β-unsaturated/α-hetero) is 1. The SMILES string of the molecule is CCC(=O)CC([O])CC. The van der Waals surface area contributed by atoms with Crippen molar-refractivity contribution in [2.45, 2.75) is 39.2 Å². The van der Waals surface area contributed by atoms with Crippen molar-refractivity contribution in [3.63, 3.8) is 0 Å². The van der Waals surface area contributed by atoms with Crippen LogP contribution < -0.4 is 0 Å². The summed E-state index contributed by atoms with van der Waals surface area (Å²) in [5.74, 6) is 0.0804. The van der Waals surface area contributed by atoms with Crippen LogP contribution in [-0.4, -0.2) is 11.9 Å². The molecule has 0 saturated heterocycles. The van der Waals surface area contributed by atoms with Gasteiger partial charge >= 0.3 is 0 Å². The van der Waals surface area contributed by atoms with Gasteiger partial charge in [0.15, 0.2) is 0 Å². The Balaban J connectivity index is 3.34. The van der Waals surface area contributed by atoms with Crippen molar-refractivity contribution >= 4 is 5.78 Å². The van der Waals surface area contributed by atoms with Crippen molar-refractivity contribution in [1.82, 2.24) is 0 Å². The van der Waals surface area contributed by atoms with E-state index in [-0.39, 0.29) is 12.2 Å². The summed E-state index contributed by atoms with van der Waals surface area (Å²) in [5, 5.41) is 10.6. The highest BCUT2D eigenvalue weighted by Crippen LogP contribution is 1.99. The number of carbonyl (C=O) groups is 1. The molecule has 0 N–H and O–H groups in total. The molecule has 2 nitrogen and oxygen atoms in total. The molecular weight excluding hydrogens is 116 g/mol. The van der Waals surface area contributed by atoms with Crippen LogP contribution in [0.4, 0.5) is 0 Å². The van der Waals surface area contributed by atoms with Gasteiger partial charge in [-0.2, -0.15) is 0 Å². The average molecular weight is 129 g/mol. The zero-order valence-electron chi connectivity index (χ0n) is 6.02. The highest BCUT2D eigenvalue weighted by Gasteiger charge is 2.07. The van der Waals surface area contributed by atoms with Crippen LogP contribution >= 0.6 is 0 Å². The summed E-state index contributed by atoms with van der Waals surface area (Å²) < 4.78 is 0. The van der Waals surface area contributed by atoms with Crippen molar-refractivity contribution in [2.24, 2.45) is 0 Å². The summed E-state index contributed by atoms with van der Waals surface area (Å²) in [5.41, 5.74) is 0. The molecule has 1 atom stereocenters. The molecule has 0 amide bonds. The van der Waals surface area contributed by atoms with E-state index in [1.165, 1.54) is 0 Å². The van der Waals surface area contributed by atoms with Crippen LogP contribution in [0.1, 0.15) is 33.1 Å². The van der Waals surface area contributed by atoms with Crippen molar-refractivity contribution in [3.8, 4) is 0 Å². The highest BCUT2D eigenvalue weighted by molar-refractivity contribution is 5.78. The van der Waals surface area contributed by atoms with E-state index in [0.717, 1.165) is 0 Å². The zero-order valence-corrected chi connectivity index (χ0v) is 6.02. The quantitative estimate of drug-likeness (QED) is 0.567. The molecule has 1 radical (unpaired) electrons. The van der Waals surface area contributed by atoms with Gasteiger partial charge in [-0.15, -0.1) is 0 Å². The van der Waals surface area contributed by atoms with Crippen molar-refractivity contribution < 1.29 is 9.90 Å². The molecule has 1 unspecified atom stereocenters. The molecule has 0 aliphatic rings. The first kappa shape index (κ1) is 8.63. The molecular formula is C7H13O2. The predicted molar refractivity (Wildman–Crippen MR) is 34.7 cm³/mol. The number of carbonyl (C=O) groups excluding carboxylic acids is 1. The molecule has 2 heteroatoms. The van der Waals surface area contributed by atoms with Gasteiger partial charge < -0.3 is 0 Å². The fourth-order valence-corrected chi connectivity index (χ4v) is 0.543. The molecule has 0 rings (SSSR count). The summed E-state index contributed by atoms with van der Waals surface area (Å²) in [6.45, 7) is 3.59. The first-order valence-corrected chi connectivity index (χ1v) is 3.38. The number of hydrogen-bond acceptors (Lipinski definition) is 1. The molecule has 0 aromatic heterocycles. The molecule has 0 aliphatic heterocycles. The van der Waals surface area contributed by atoms with Crippen molar-refractivity contribution in [1.29, 1.82) is 0 Å². The van der Waals surface area contributed by atoms with Gasteiger partial charge in [-0.25, -0.2) is 5.11 Å². The topological polar surface area (TPSA) is 37.0 Å². The Labute approximate surface area is 55.9 Å². The third-order valence-corrected chi connectivity index (χ3v) is 1.31. The van der Waals surface area contributed by atoms with Gasteiger partial charge in [-0.05, 0) is 6.42 Å². The second-order valence-corrected chi connectivity index (χ2v) is 2.13. The van der Waals surface area contributed by atoms with Gasteiger partial charge in [-0.3, -0.25) is 4.79 Å². The minimum absolute atomic E-state index is 0.0804. The smallest absolute Gasteiger partial charge is 0.135 e. The fourth-order valence-electron chi connectivity index (χ4n) is 0.543. The molecule has 53 valence electrons. The van der Waals surface area contributed by atoms with E-state index in [9.17, 15) is 9.90 Å². The predicted octanol–water partition coefficient (Wildman–Crippen LogP) is 1.56. The Morgan fingerprint density at radius 3 is 2.33 bits per heavy atom. The normalized spacial score (nSPS) is 13.2. The van der Waals surface area contributed by atoms with E-state index in [1.54, 1.807) is 13.8 Å². The van der Waals surface area contributed by atoms with E-state index >= 15 is 0 Å². The lowest BCUT2D eigenvalue weighted by atomic mass is 10.1. The third kappa shape index (κ3) is 4.15. The van der Waals surface area contributed by atoms with Crippen molar-refractivity contribution in [3.05, 3.63) is 0 Å². The summed E-state index contributed by atoms with van der Waals surface area (Å²) in [6, 6.07) is 0. The minimum atomic E-state index is -0.669. The number of ketones is 1. The maximum Gasteiger partial charge on any atom is 0.135 e. The van der Waals surface area contributed by atoms with Crippen LogP contribution in [0.2, 0.25) is 0 Å². The largest absolute Gasteiger partial charge is 0.300 e. The lowest BCUT2D eigenvalue weighted by Crippen LogP contribution is -2.09. The molecule has 0 aromatic carbocycles. The van der Waals surface area contributed by atoms with E-state index in [4.69, 9.17) is 0 Å². The lowest BCUT2D eigenvalue weighted by Gasteiger charge is -2.00. The third-order valence-electron chi connectivity index (χ3n) is 1.31. The van der Waals surface area contributed by atoms with Crippen LogP contribution in [0, 0.1) is 0 Å². The molecule has 0 aromatic rings. The Hall–Kier alpha value is -0.370. The fraction of sp³-hybridized carbons (Fsp3) is 0.857. The Kier molecular flexibility index (Phi) is 4.32. The maximum atomic E-state index is 10.6. The molecule has 0 heterocycles. The van der Waals surface area contributed by atoms with Gasteiger partial charge in [0.2, 0.25) is 0 Å². The van der Waals surface area contributed by atoms with Crippen LogP contribution in [-0.2, 0) is 9.90 Å². The number of rotatable bonds is 4. The molecule has 9 heavy (non-hydrogen) atoms. The minimum Gasteiger partial charge on any atom is -0.300 e. The van der Waals surface area contributed by atoms with Crippen LogP contribution in [0.3, 0.4) is 0 Å². The van der Waals surface area contributed by atoms with Crippen LogP contribution in [0.25, 0.3) is 0 Å². The zero-order chi connectivity index (χ0) is 7.28. The van der Waals surface area contributed by atoms with Gasteiger partial charge in [0.05, 0.1) is 6.10 Å². The van der Waals surface area contributed by atoms with Gasteiger partial charge in [-0.1, -0.05) is 13.8 Å². The maximum absolute atomic E-state index is 10.6. The first-order chi connectivity index (χ1) is 4.20. The Morgan fingerprint density at radius 1 is 1.44 bits per heavy atom. The van der Waals surface area contributed by atoms with E-state index in [1.807, 2.05) is 0 Å². The summed E-state index contributed by atoms with van der Waals surface area (Å²) in [7, 11) is 0. The van der Waals surface area contributed by atoms with E-state index in [2.05, 4.69) is 0 Å². The lowest BCUT2D eigenvalue weighted by molar-refractivity contribution is -0.121. The van der Waals surface area contributed by atoms with Gasteiger partial charge in [0, 0.05) is 12.8 Å². The first-order valence-electron chi connectivity index (χ1n) is 3.38. The molecule has 0 bridgehead atoms. The monoisotopic (exact) mass is 129 g/mol. The van der Waals surface area contributed by atoms with Crippen LogP contribution in [0.15, 0.2) is 0 Å².